The molecule has 3 aromatic rings. The van der Waals surface area contributed by atoms with E-state index in [0.717, 1.165) is 55.5 Å². The average Bonchev–Trinajstić information content (AvgIpc) is 3.51. The van der Waals surface area contributed by atoms with Crippen molar-refractivity contribution in [3.8, 4) is 5.75 Å². The number of thiophene rings is 1. The third-order valence-electron chi connectivity index (χ3n) is 6.08. The van der Waals surface area contributed by atoms with Crippen LogP contribution in [0.1, 0.15) is 46.4 Å². The Kier molecular flexibility index (Phi) is 7.29. The van der Waals surface area contributed by atoms with Gasteiger partial charge in [0, 0.05) is 36.6 Å². The molecule has 3 heterocycles. The second-order valence-corrected chi connectivity index (χ2v) is 9.06. The lowest BCUT2D eigenvalue weighted by Crippen LogP contribution is -2.47. The molecule has 1 N–H and O–H groups in total. The Labute approximate surface area is 193 Å². The number of carbonyl (C=O) groups excluding carboxylic acids is 1. The minimum absolute atomic E-state index is 0.0587. The predicted molar refractivity (Wildman–Crippen MR) is 129 cm³/mol. The summed E-state index contributed by atoms with van der Waals surface area (Å²) in [6.07, 6.45) is 2.45. The first-order valence-electron chi connectivity index (χ1n) is 11.2. The Morgan fingerprint density at radius 2 is 1.91 bits per heavy atom. The fraction of sp³-hybridized carbons (Fsp3) is 0.400. The number of piperazine rings is 1. The molecule has 0 radical (unpaired) electrons. The smallest absolute Gasteiger partial charge is 0.291 e. The summed E-state index contributed by atoms with van der Waals surface area (Å²) in [4.78, 5) is 19.0. The van der Waals surface area contributed by atoms with Crippen molar-refractivity contribution in [1.82, 2.24) is 9.80 Å². The van der Waals surface area contributed by atoms with Crippen molar-refractivity contribution in [2.75, 3.05) is 45.2 Å². The zero-order valence-corrected chi connectivity index (χ0v) is 19.8. The number of nitrogens with zero attached hydrogens (tertiary/aromatic N) is 2. The molecule has 1 unspecified atom stereocenters. The number of carbonyl (C=O) groups is 1. The normalized spacial score (nSPS) is 16.1. The Morgan fingerprint density at radius 3 is 2.50 bits per heavy atom. The Hall–Kier alpha value is -2.61. The van der Waals surface area contributed by atoms with Gasteiger partial charge in [-0.15, -0.1) is 11.3 Å². The highest BCUT2D eigenvalue weighted by atomic mass is 32.1. The predicted octanol–water partition coefficient (Wildman–Crippen LogP) is 4.89. The number of hydrogen-bond donors (Lipinski definition) is 1. The Morgan fingerprint density at radius 1 is 1.16 bits per heavy atom. The van der Waals surface area contributed by atoms with Crippen LogP contribution in [-0.4, -0.2) is 55.5 Å². The van der Waals surface area contributed by atoms with Crippen LogP contribution in [-0.2, 0) is 6.42 Å². The SMILES string of the molecule is CCc1cc(C(c2ccc(OC)cc2)N2CCN(CC)CC2)c(NC(=O)c2ccco2)s1. The van der Waals surface area contributed by atoms with E-state index in [9.17, 15) is 4.79 Å². The number of hydrogen-bond acceptors (Lipinski definition) is 6. The molecule has 0 aliphatic carbocycles. The molecule has 1 fully saturated rings. The van der Waals surface area contributed by atoms with E-state index in [4.69, 9.17) is 9.15 Å². The van der Waals surface area contributed by atoms with Crippen molar-refractivity contribution in [3.05, 3.63) is 70.5 Å². The van der Waals surface area contributed by atoms with E-state index in [2.05, 4.69) is 47.2 Å². The van der Waals surface area contributed by atoms with Crippen LogP contribution < -0.4 is 10.1 Å². The molecule has 0 bridgehead atoms. The first-order valence-corrected chi connectivity index (χ1v) is 12.0. The van der Waals surface area contributed by atoms with Crippen LogP contribution in [0.3, 0.4) is 0 Å². The van der Waals surface area contributed by atoms with Crippen LogP contribution >= 0.6 is 11.3 Å². The van der Waals surface area contributed by atoms with Gasteiger partial charge in [0.25, 0.3) is 5.91 Å². The summed E-state index contributed by atoms with van der Waals surface area (Å²) in [6, 6.07) is 14.0. The molecular formula is C25H31N3O3S. The maximum atomic E-state index is 12.8. The number of nitrogens with one attached hydrogen (secondary N) is 1. The molecule has 0 spiro atoms. The first-order chi connectivity index (χ1) is 15.6. The van der Waals surface area contributed by atoms with Crippen molar-refractivity contribution < 1.29 is 13.9 Å². The van der Waals surface area contributed by atoms with Crippen molar-refractivity contribution >= 4 is 22.2 Å². The van der Waals surface area contributed by atoms with Gasteiger partial charge >= 0.3 is 0 Å². The van der Waals surface area contributed by atoms with Gasteiger partial charge in [0.2, 0.25) is 0 Å². The Bertz CT molecular complexity index is 1010. The minimum Gasteiger partial charge on any atom is -0.497 e. The monoisotopic (exact) mass is 453 g/mol. The van der Waals surface area contributed by atoms with E-state index >= 15 is 0 Å². The van der Waals surface area contributed by atoms with Crippen molar-refractivity contribution in [2.24, 2.45) is 0 Å². The first kappa shape index (κ1) is 22.6. The highest BCUT2D eigenvalue weighted by molar-refractivity contribution is 7.16. The van der Waals surface area contributed by atoms with Gasteiger partial charge in [-0.1, -0.05) is 26.0 Å². The summed E-state index contributed by atoms with van der Waals surface area (Å²) >= 11 is 1.65. The Balaban J connectivity index is 1.71. The highest BCUT2D eigenvalue weighted by Gasteiger charge is 2.30. The van der Waals surface area contributed by atoms with Crippen LogP contribution in [0.2, 0.25) is 0 Å². The van der Waals surface area contributed by atoms with Gasteiger partial charge < -0.3 is 19.4 Å². The molecule has 1 saturated heterocycles. The molecule has 6 nitrogen and oxygen atoms in total. The molecule has 32 heavy (non-hydrogen) atoms. The van der Waals surface area contributed by atoms with E-state index in [-0.39, 0.29) is 11.9 Å². The second-order valence-electron chi connectivity index (χ2n) is 7.93. The van der Waals surface area contributed by atoms with Gasteiger partial charge in [0.15, 0.2) is 5.76 Å². The van der Waals surface area contributed by atoms with Crippen molar-refractivity contribution in [3.63, 3.8) is 0 Å². The maximum absolute atomic E-state index is 12.8. The summed E-state index contributed by atoms with van der Waals surface area (Å²) in [7, 11) is 1.69. The minimum atomic E-state index is -0.218. The number of likely N-dealkylation sites (N-methyl/N-ethyl adjacent to an activating group) is 1. The molecule has 1 aliphatic rings. The highest BCUT2D eigenvalue weighted by Crippen LogP contribution is 2.40. The number of ether oxygens (including phenoxy) is 1. The van der Waals surface area contributed by atoms with E-state index < -0.39 is 0 Å². The van der Waals surface area contributed by atoms with Gasteiger partial charge in [-0.25, -0.2) is 0 Å². The summed E-state index contributed by atoms with van der Waals surface area (Å²) < 4.78 is 10.7. The van der Waals surface area contributed by atoms with Gasteiger partial charge in [0.05, 0.1) is 19.4 Å². The lowest BCUT2D eigenvalue weighted by atomic mass is 9.97. The summed E-state index contributed by atoms with van der Waals surface area (Å²) in [5.74, 6) is 0.944. The van der Waals surface area contributed by atoms with Gasteiger partial charge in [-0.05, 0) is 48.9 Å². The van der Waals surface area contributed by atoms with Crippen LogP contribution in [0.4, 0.5) is 5.00 Å². The molecule has 0 saturated carbocycles. The number of aryl methyl sites for hydroxylation is 1. The molecule has 170 valence electrons. The van der Waals surface area contributed by atoms with E-state index in [1.54, 1.807) is 30.6 Å². The molecule has 4 rings (SSSR count). The average molecular weight is 454 g/mol. The third kappa shape index (κ3) is 4.90. The van der Waals surface area contributed by atoms with Crippen molar-refractivity contribution in [2.45, 2.75) is 26.3 Å². The fourth-order valence-corrected chi connectivity index (χ4v) is 5.24. The molecular weight excluding hydrogens is 422 g/mol. The quantitative estimate of drug-likeness (QED) is 0.526. The molecule has 1 aliphatic heterocycles. The largest absolute Gasteiger partial charge is 0.497 e. The lowest BCUT2D eigenvalue weighted by Gasteiger charge is -2.39. The molecule has 1 amide bonds. The van der Waals surface area contributed by atoms with Crippen LogP contribution in [0, 0.1) is 0 Å². The van der Waals surface area contributed by atoms with Gasteiger partial charge in [-0.3, -0.25) is 9.69 Å². The zero-order valence-electron chi connectivity index (χ0n) is 19.0. The summed E-state index contributed by atoms with van der Waals surface area (Å²) in [5.41, 5.74) is 2.34. The number of methoxy groups -OCH3 is 1. The number of anilines is 1. The molecule has 1 aromatic carbocycles. The van der Waals surface area contributed by atoms with Crippen molar-refractivity contribution in [1.29, 1.82) is 0 Å². The molecule has 7 heteroatoms. The lowest BCUT2D eigenvalue weighted by molar-refractivity contribution is 0.0995. The third-order valence-corrected chi connectivity index (χ3v) is 7.29. The van der Waals surface area contributed by atoms with E-state index in [0.29, 0.717) is 5.76 Å². The molecule has 2 aromatic heterocycles. The topological polar surface area (TPSA) is 58.0 Å². The summed E-state index contributed by atoms with van der Waals surface area (Å²) in [6.45, 7) is 9.48. The number of benzene rings is 1. The molecule has 1 atom stereocenters. The fourth-order valence-electron chi connectivity index (χ4n) is 4.22. The standard InChI is InChI=1S/C25H31N3O3S/c1-4-20-17-21(25(32-20)26-24(29)22-7-6-16-31-22)23(18-8-10-19(30-3)11-9-18)28-14-12-27(5-2)13-15-28/h6-11,16-17,23H,4-5,12-15H2,1-3H3,(H,26,29). The van der Waals surface area contributed by atoms with Gasteiger partial charge in [-0.2, -0.15) is 0 Å². The zero-order chi connectivity index (χ0) is 22.5. The van der Waals surface area contributed by atoms with Crippen LogP contribution in [0.15, 0.2) is 53.1 Å². The van der Waals surface area contributed by atoms with Crippen LogP contribution in [0.25, 0.3) is 0 Å². The number of amides is 1. The summed E-state index contributed by atoms with van der Waals surface area (Å²) in [5, 5.41) is 4.01. The van der Waals surface area contributed by atoms with Gasteiger partial charge in [0.1, 0.15) is 10.8 Å². The number of furan rings is 1. The van der Waals surface area contributed by atoms with E-state index in [1.165, 1.54) is 16.7 Å². The van der Waals surface area contributed by atoms with Crippen LogP contribution in [0.5, 0.6) is 5.75 Å². The maximum Gasteiger partial charge on any atom is 0.291 e. The van der Waals surface area contributed by atoms with E-state index in [1.807, 2.05) is 12.1 Å². The number of rotatable bonds is 8. The second kappa shape index (κ2) is 10.3.